The van der Waals surface area contributed by atoms with Gasteiger partial charge in [-0.15, -0.1) is 0 Å². The predicted molar refractivity (Wildman–Crippen MR) is 101 cm³/mol. The number of amides is 1. The monoisotopic (exact) mass is 368 g/mol. The number of anilines is 1. The molecule has 27 heavy (non-hydrogen) atoms. The molecule has 5 nitrogen and oxygen atoms in total. The smallest absolute Gasteiger partial charge is 0.224 e. The molecule has 1 amide bonds. The average Bonchev–Trinajstić information content (AvgIpc) is 3.15. The Labute approximate surface area is 157 Å². The van der Waals surface area contributed by atoms with Crippen molar-refractivity contribution in [2.45, 2.75) is 26.2 Å². The van der Waals surface area contributed by atoms with Crippen molar-refractivity contribution in [2.24, 2.45) is 0 Å². The molecule has 0 aliphatic carbocycles. The summed E-state index contributed by atoms with van der Waals surface area (Å²) < 4.78 is 25.0. The lowest BCUT2D eigenvalue weighted by molar-refractivity contribution is -0.116. The van der Waals surface area contributed by atoms with Crippen LogP contribution in [-0.2, 0) is 11.2 Å². The van der Waals surface area contributed by atoms with Crippen LogP contribution in [0, 0.1) is 5.82 Å². The molecule has 3 aromatic rings. The van der Waals surface area contributed by atoms with Gasteiger partial charge in [-0.25, -0.2) is 9.37 Å². The molecule has 0 fully saturated rings. The second-order valence-corrected chi connectivity index (χ2v) is 5.99. The molecule has 6 heteroatoms. The number of para-hydroxylation sites is 2. The zero-order valence-electron chi connectivity index (χ0n) is 15.1. The van der Waals surface area contributed by atoms with Gasteiger partial charge in [-0.1, -0.05) is 31.2 Å². The minimum Gasteiger partial charge on any atom is -0.491 e. The fourth-order valence-corrected chi connectivity index (χ4v) is 2.55. The van der Waals surface area contributed by atoms with Crippen molar-refractivity contribution in [3.63, 3.8) is 0 Å². The van der Waals surface area contributed by atoms with E-state index in [2.05, 4.69) is 10.3 Å². The highest BCUT2D eigenvalue weighted by Gasteiger charge is 2.13. The number of nitrogens with zero attached hydrogens (tertiary/aromatic N) is 1. The maximum absolute atomic E-state index is 13.8. The molecule has 0 saturated carbocycles. The number of ether oxygens (including phenoxy) is 1. The lowest BCUT2D eigenvalue weighted by Gasteiger charge is -2.11. The largest absolute Gasteiger partial charge is 0.491 e. The minimum atomic E-state index is -0.373. The number of hydrogen-bond donors (Lipinski definition) is 1. The molecular weight excluding hydrogens is 347 g/mol. The third kappa shape index (κ3) is 4.94. The summed E-state index contributed by atoms with van der Waals surface area (Å²) in [4.78, 5) is 16.4. The maximum atomic E-state index is 13.8. The van der Waals surface area contributed by atoms with Crippen LogP contribution in [0.3, 0.4) is 0 Å². The number of oxazole rings is 1. The number of halogens is 1. The van der Waals surface area contributed by atoms with Crippen molar-refractivity contribution in [3.8, 4) is 17.1 Å². The molecule has 0 radical (unpaired) electrons. The molecule has 0 aliphatic heterocycles. The maximum Gasteiger partial charge on any atom is 0.224 e. The predicted octanol–water partition coefficient (Wildman–Crippen LogP) is 4.84. The first-order valence-corrected chi connectivity index (χ1v) is 8.88. The SMILES string of the molecule is CCCOc1ccccc1NC(=O)CCc1ncc(-c2ccccc2F)o1. The van der Waals surface area contributed by atoms with Crippen molar-refractivity contribution >= 4 is 11.6 Å². The summed E-state index contributed by atoms with van der Waals surface area (Å²) in [5, 5.41) is 2.84. The van der Waals surface area contributed by atoms with E-state index < -0.39 is 0 Å². The van der Waals surface area contributed by atoms with E-state index in [0.717, 1.165) is 6.42 Å². The van der Waals surface area contributed by atoms with Gasteiger partial charge in [0.1, 0.15) is 11.6 Å². The number of aromatic nitrogens is 1. The van der Waals surface area contributed by atoms with Crippen molar-refractivity contribution in [1.82, 2.24) is 4.98 Å². The first-order valence-electron chi connectivity index (χ1n) is 8.88. The van der Waals surface area contributed by atoms with Crippen LogP contribution >= 0.6 is 0 Å². The van der Waals surface area contributed by atoms with Crippen LogP contribution in [0.5, 0.6) is 5.75 Å². The van der Waals surface area contributed by atoms with Gasteiger partial charge in [0, 0.05) is 12.8 Å². The molecule has 0 spiro atoms. The van der Waals surface area contributed by atoms with Gasteiger partial charge in [-0.3, -0.25) is 4.79 Å². The Morgan fingerprint density at radius 2 is 1.96 bits per heavy atom. The lowest BCUT2D eigenvalue weighted by Crippen LogP contribution is -2.13. The third-order valence-corrected chi connectivity index (χ3v) is 3.88. The molecule has 0 aliphatic rings. The summed E-state index contributed by atoms with van der Waals surface area (Å²) in [5.74, 6) is 0.834. The Morgan fingerprint density at radius 1 is 1.19 bits per heavy atom. The third-order valence-electron chi connectivity index (χ3n) is 3.88. The quantitative estimate of drug-likeness (QED) is 0.618. The van der Waals surface area contributed by atoms with Crippen molar-refractivity contribution < 1.29 is 18.3 Å². The zero-order chi connectivity index (χ0) is 19.1. The van der Waals surface area contributed by atoms with E-state index in [-0.39, 0.29) is 18.1 Å². The van der Waals surface area contributed by atoms with Crippen LogP contribution in [0.25, 0.3) is 11.3 Å². The Morgan fingerprint density at radius 3 is 2.78 bits per heavy atom. The zero-order valence-corrected chi connectivity index (χ0v) is 15.1. The van der Waals surface area contributed by atoms with E-state index in [9.17, 15) is 9.18 Å². The molecule has 1 aromatic heterocycles. The molecule has 0 atom stereocenters. The van der Waals surface area contributed by atoms with Gasteiger partial charge in [0.25, 0.3) is 0 Å². The van der Waals surface area contributed by atoms with Crippen molar-refractivity contribution in [3.05, 3.63) is 66.4 Å². The van der Waals surface area contributed by atoms with Crippen LogP contribution in [0.1, 0.15) is 25.7 Å². The molecule has 2 aromatic carbocycles. The van der Waals surface area contributed by atoms with Gasteiger partial charge in [0.05, 0.1) is 24.1 Å². The van der Waals surface area contributed by atoms with Crippen molar-refractivity contribution in [1.29, 1.82) is 0 Å². The van der Waals surface area contributed by atoms with Crippen molar-refractivity contribution in [2.75, 3.05) is 11.9 Å². The molecule has 0 bridgehead atoms. The van der Waals surface area contributed by atoms with Crippen LogP contribution in [-0.4, -0.2) is 17.5 Å². The molecule has 0 saturated heterocycles. The van der Waals surface area contributed by atoms with Gasteiger partial charge in [-0.2, -0.15) is 0 Å². The summed E-state index contributed by atoms with van der Waals surface area (Å²) in [6, 6.07) is 13.6. The summed E-state index contributed by atoms with van der Waals surface area (Å²) in [5.41, 5.74) is 0.984. The van der Waals surface area contributed by atoms with Gasteiger partial charge in [0.2, 0.25) is 5.91 Å². The van der Waals surface area contributed by atoms with Crippen LogP contribution in [0.4, 0.5) is 10.1 Å². The highest BCUT2D eigenvalue weighted by Crippen LogP contribution is 2.25. The molecular formula is C21H21FN2O3. The second kappa shape index (κ2) is 8.98. The van der Waals surface area contributed by atoms with Crippen LogP contribution in [0.2, 0.25) is 0 Å². The van der Waals surface area contributed by atoms with E-state index in [1.165, 1.54) is 12.3 Å². The molecule has 1 N–H and O–H groups in total. The van der Waals surface area contributed by atoms with E-state index in [0.29, 0.717) is 41.7 Å². The van der Waals surface area contributed by atoms with Gasteiger partial charge in [0.15, 0.2) is 11.7 Å². The Kier molecular flexibility index (Phi) is 6.20. The highest BCUT2D eigenvalue weighted by atomic mass is 19.1. The van der Waals surface area contributed by atoms with Gasteiger partial charge in [-0.05, 0) is 30.7 Å². The molecule has 1 heterocycles. The summed E-state index contributed by atoms with van der Waals surface area (Å²) in [6.07, 6.45) is 2.87. The van der Waals surface area contributed by atoms with E-state index in [4.69, 9.17) is 9.15 Å². The highest BCUT2D eigenvalue weighted by molar-refractivity contribution is 5.92. The number of hydrogen-bond acceptors (Lipinski definition) is 4. The number of carbonyl (C=O) groups is 1. The average molecular weight is 368 g/mol. The first kappa shape index (κ1) is 18.6. The van der Waals surface area contributed by atoms with E-state index in [1.807, 2.05) is 25.1 Å². The summed E-state index contributed by atoms with van der Waals surface area (Å²) in [6.45, 7) is 2.61. The lowest BCUT2D eigenvalue weighted by atomic mass is 10.2. The Bertz CT molecular complexity index is 908. The first-order chi connectivity index (χ1) is 13.2. The number of benzene rings is 2. The molecule has 3 rings (SSSR count). The topological polar surface area (TPSA) is 64.4 Å². The number of aryl methyl sites for hydroxylation is 1. The second-order valence-electron chi connectivity index (χ2n) is 5.99. The van der Waals surface area contributed by atoms with E-state index >= 15 is 0 Å². The summed E-state index contributed by atoms with van der Waals surface area (Å²) in [7, 11) is 0. The minimum absolute atomic E-state index is 0.173. The van der Waals surface area contributed by atoms with Gasteiger partial charge < -0.3 is 14.5 Å². The number of carbonyl (C=O) groups excluding carboxylic acids is 1. The Balaban J connectivity index is 1.58. The Hall–Kier alpha value is -3.15. The fourth-order valence-electron chi connectivity index (χ4n) is 2.55. The fraction of sp³-hybridized carbons (Fsp3) is 0.238. The van der Waals surface area contributed by atoms with E-state index in [1.54, 1.807) is 24.3 Å². The number of rotatable bonds is 8. The summed E-state index contributed by atoms with van der Waals surface area (Å²) >= 11 is 0. The number of nitrogens with one attached hydrogen (secondary N) is 1. The molecule has 0 unspecified atom stereocenters. The van der Waals surface area contributed by atoms with Gasteiger partial charge >= 0.3 is 0 Å². The van der Waals surface area contributed by atoms with Crippen LogP contribution < -0.4 is 10.1 Å². The van der Waals surface area contributed by atoms with Crippen LogP contribution in [0.15, 0.2) is 59.1 Å². The normalized spacial score (nSPS) is 10.6. The standard InChI is InChI=1S/C21H21FN2O3/c1-2-13-26-18-10-6-5-9-17(18)24-20(25)11-12-21-23-14-19(27-21)15-7-3-4-8-16(15)22/h3-10,14H,2,11-13H2,1H3,(H,24,25). The molecule has 140 valence electrons.